The van der Waals surface area contributed by atoms with Crippen LogP contribution in [0.15, 0.2) is 60.9 Å². The summed E-state index contributed by atoms with van der Waals surface area (Å²) in [5.41, 5.74) is 2.75. The molecule has 140 valence electrons. The number of nitrogens with one attached hydrogen (secondary N) is 1. The molecule has 7 heteroatoms. The van der Waals surface area contributed by atoms with Crippen molar-refractivity contribution in [3.63, 3.8) is 0 Å². The molecule has 28 heavy (non-hydrogen) atoms. The predicted octanol–water partition coefficient (Wildman–Crippen LogP) is 3.11. The summed E-state index contributed by atoms with van der Waals surface area (Å²) in [4.78, 5) is 35.5. The lowest BCUT2D eigenvalue weighted by atomic mass is 10.0. The molecule has 2 amide bonds. The molecular weight excluding hydrogens is 376 g/mol. The first-order chi connectivity index (χ1) is 13.5. The molecule has 1 atom stereocenters. The summed E-state index contributed by atoms with van der Waals surface area (Å²) in [6.45, 7) is 0. The number of anilines is 1. The summed E-state index contributed by atoms with van der Waals surface area (Å²) in [5, 5.41) is 3.27. The van der Waals surface area contributed by atoms with E-state index in [1.807, 2.05) is 24.3 Å². The van der Waals surface area contributed by atoms with E-state index in [9.17, 15) is 9.59 Å². The topological polar surface area (TPSA) is 75.2 Å². The Morgan fingerprint density at radius 3 is 2.50 bits per heavy atom. The van der Waals surface area contributed by atoms with Crippen LogP contribution in [0, 0.1) is 0 Å². The monoisotopic (exact) mass is 392 g/mol. The fraction of sp³-hybridized carbons (Fsp3) is 0.143. The van der Waals surface area contributed by atoms with E-state index in [0.717, 1.165) is 11.1 Å². The average molecular weight is 393 g/mol. The Morgan fingerprint density at radius 1 is 1.07 bits per heavy atom. The smallest absolute Gasteiger partial charge is 0.254 e. The maximum absolute atomic E-state index is 12.9. The standard InChI is InChI=1S/C21H17ClN4O2/c1-26-18-8-7-15(22)12-16(18)20(27)25-17(21(26)28)11-13-3-5-14(6-4-13)19-23-9-2-10-24-19/h2-10,12,17H,11H2,1H3,(H,25,27). The number of likely N-dealkylation sites (N-methyl/N-ethyl adjacent to an activating group) is 1. The van der Waals surface area contributed by atoms with E-state index in [2.05, 4.69) is 15.3 Å². The molecule has 0 saturated carbocycles. The maximum Gasteiger partial charge on any atom is 0.254 e. The van der Waals surface area contributed by atoms with E-state index in [-0.39, 0.29) is 11.8 Å². The highest BCUT2D eigenvalue weighted by Gasteiger charge is 2.32. The first kappa shape index (κ1) is 18.1. The fourth-order valence-corrected chi connectivity index (χ4v) is 3.42. The van der Waals surface area contributed by atoms with Crippen molar-refractivity contribution in [3.8, 4) is 11.4 Å². The average Bonchev–Trinajstić information content (AvgIpc) is 2.80. The van der Waals surface area contributed by atoms with Gasteiger partial charge in [-0.05, 0) is 29.8 Å². The van der Waals surface area contributed by atoms with E-state index >= 15 is 0 Å². The van der Waals surface area contributed by atoms with Gasteiger partial charge in [-0.3, -0.25) is 9.59 Å². The van der Waals surface area contributed by atoms with Crippen molar-refractivity contribution in [3.05, 3.63) is 77.1 Å². The number of fused-ring (bicyclic) bond motifs is 1. The maximum atomic E-state index is 12.9. The van der Waals surface area contributed by atoms with Gasteiger partial charge in [0.1, 0.15) is 6.04 Å². The predicted molar refractivity (Wildman–Crippen MR) is 107 cm³/mol. The Balaban J connectivity index is 1.57. The molecule has 2 heterocycles. The first-order valence-electron chi connectivity index (χ1n) is 8.77. The van der Waals surface area contributed by atoms with Gasteiger partial charge < -0.3 is 10.2 Å². The van der Waals surface area contributed by atoms with Crippen molar-refractivity contribution < 1.29 is 9.59 Å². The van der Waals surface area contributed by atoms with Gasteiger partial charge in [0.25, 0.3) is 5.91 Å². The lowest BCUT2D eigenvalue weighted by Gasteiger charge is -2.21. The van der Waals surface area contributed by atoms with Gasteiger partial charge in [-0.1, -0.05) is 35.9 Å². The SMILES string of the molecule is CN1C(=O)C(Cc2ccc(-c3ncccn3)cc2)NC(=O)c2cc(Cl)ccc21. The summed E-state index contributed by atoms with van der Waals surface area (Å²) < 4.78 is 0. The van der Waals surface area contributed by atoms with Gasteiger partial charge in [0, 0.05) is 36.4 Å². The van der Waals surface area contributed by atoms with Gasteiger partial charge in [-0.25, -0.2) is 9.97 Å². The third-order valence-electron chi connectivity index (χ3n) is 4.72. The number of hydrogen-bond donors (Lipinski definition) is 1. The zero-order valence-electron chi connectivity index (χ0n) is 15.1. The van der Waals surface area contributed by atoms with E-state index < -0.39 is 6.04 Å². The first-order valence-corrected chi connectivity index (χ1v) is 9.15. The molecule has 1 aliphatic heterocycles. The number of rotatable bonds is 3. The minimum absolute atomic E-state index is 0.176. The lowest BCUT2D eigenvalue weighted by molar-refractivity contribution is -0.120. The molecule has 6 nitrogen and oxygen atoms in total. The van der Waals surface area contributed by atoms with Crippen LogP contribution in [-0.4, -0.2) is 34.9 Å². The van der Waals surface area contributed by atoms with E-state index in [0.29, 0.717) is 28.5 Å². The number of hydrogen-bond acceptors (Lipinski definition) is 4. The molecule has 0 aliphatic carbocycles. The normalized spacial score (nSPS) is 16.4. The zero-order chi connectivity index (χ0) is 19.7. The number of halogens is 1. The second-order valence-corrected chi connectivity index (χ2v) is 6.99. The third-order valence-corrected chi connectivity index (χ3v) is 4.95. The molecule has 1 aromatic heterocycles. The number of amides is 2. The molecule has 2 aromatic carbocycles. The van der Waals surface area contributed by atoms with Crippen molar-refractivity contribution in [2.75, 3.05) is 11.9 Å². The van der Waals surface area contributed by atoms with E-state index in [1.165, 1.54) is 4.90 Å². The van der Waals surface area contributed by atoms with Crippen molar-refractivity contribution in [1.29, 1.82) is 0 Å². The van der Waals surface area contributed by atoms with Crippen LogP contribution in [0.2, 0.25) is 5.02 Å². The summed E-state index contributed by atoms with van der Waals surface area (Å²) in [6, 6.07) is 13.7. The molecule has 1 N–H and O–H groups in total. The molecule has 3 aromatic rings. The number of nitrogens with zero attached hydrogens (tertiary/aromatic N) is 3. The third kappa shape index (κ3) is 3.46. The Kier molecular flexibility index (Phi) is 4.79. The zero-order valence-corrected chi connectivity index (χ0v) is 15.8. The van der Waals surface area contributed by atoms with Gasteiger partial charge >= 0.3 is 0 Å². The fourth-order valence-electron chi connectivity index (χ4n) is 3.24. The van der Waals surface area contributed by atoms with E-state index in [1.54, 1.807) is 43.7 Å². The largest absolute Gasteiger partial charge is 0.340 e. The van der Waals surface area contributed by atoms with Crippen LogP contribution in [-0.2, 0) is 11.2 Å². The Labute approximate surface area is 167 Å². The molecule has 0 spiro atoms. The molecule has 4 rings (SSSR count). The van der Waals surface area contributed by atoms with Crippen LogP contribution in [0.3, 0.4) is 0 Å². The van der Waals surface area contributed by atoms with Crippen molar-refractivity contribution in [1.82, 2.24) is 15.3 Å². The lowest BCUT2D eigenvalue weighted by Crippen LogP contribution is -2.45. The van der Waals surface area contributed by atoms with Crippen molar-refractivity contribution in [2.45, 2.75) is 12.5 Å². The molecule has 1 aliphatic rings. The number of carbonyl (C=O) groups excluding carboxylic acids is 2. The van der Waals surface area contributed by atoms with Gasteiger partial charge in [-0.15, -0.1) is 0 Å². The van der Waals surface area contributed by atoms with Gasteiger partial charge in [0.05, 0.1) is 11.3 Å². The molecule has 0 radical (unpaired) electrons. The summed E-state index contributed by atoms with van der Waals surface area (Å²) in [7, 11) is 1.66. The molecular formula is C21H17ClN4O2. The molecule has 0 fully saturated rings. The summed E-state index contributed by atoms with van der Waals surface area (Å²) >= 11 is 6.02. The number of aromatic nitrogens is 2. The van der Waals surface area contributed by atoms with Crippen molar-refractivity contribution >= 4 is 29.1 Å². The van der Waals surface area contributed by atoms with Gasteiger partial charge in [0.2, 0.25) is 5.91 Å². The Morgan fingerprint density at radius 2 is 1.79 bits per heavy atom. The highest BCUT2D eigenvalue weighted by atomic mass is 35.5. The second kappa shape index (κ2) is 7.40. The quantitative estimate of drug-likeness (QED) is 0.743. The van der Waals surface area contributed by atoms with Crippen molar-refractivity contribution in [2.24, 2.45) is 0 Å². The Hall–Kier alpha value is -3.25. The molecule has 1 unspecified atom stereocenters. The minimum atomic E-state index is -0.664. The van der Waals surface area contributed by atoms with Crippen LogP contribution in [0.5, 0.6) is 0 Å². The second-order valence-electron chi connectivity index (χ2n) is 6.56. The van der Waals surface area contributed by atoms with Crippen LogP contribution in [0.4, 0.5) is 5.69 Å². The molecule has 0 saturated heterocycles. The summed E-state index contributed by atoms with van der Waals surface area (Å²) in [5.74, 6) is 0.152. The van der Waals surface area contributed by atoms with Crippen LogP contribution in [0.1, 0.15) is 15.9 Å². The van der Waals surface area contributed by atoms with E-state index in [4.69, 9.17) is 11.6 Å². The van der Waals surface area contributed by atoms with Crippen LogP contribution >= 0.6 is 11.6 Å². The van der Waals surface area contributed by atoms with Crippen LogP contribution < -0.4 is 10.2 Å². The number of carbonyl (C=O) groups is 2. The summed E-state index contributed by atoms with van der Waals surface area (Å²) in [6.07, 6.45) is 3.76. The van der Waals surface area contributed by atoms with Crippen LogP contribution in [0.25, 0.3) is 11.4 Å². The minimum Gasteiger partial charge on any atom is -0.340 e. The van der Waals surface area contributed by atoms with Gasteiger partial charge in [-0.2, -0.15) is 0 Å². The Bertz CT molecular complexity index is 1040. The molecule has 0 bridgehead atoms. The highest BCUT2D eigenvalue weighted by Crippen LogP contribution is 2.27. The van der Waals surface area contributed by atoms with Gasteiger partial charge in [0.15, 0.2) is 5.82 Å². The number of benzene rings is 2. The highest BCUT2D eigenvalue weighted by molar-refractivity contribution is 6.31.